The van der Waals surface area contributed by atoms with Crippen LogP contribution in [0.25, 0.3) is 0 Å². The van der Waals surface area contributed by atoms with Gasteiger partial charge in [0.1, 0.15) is 5.75 Å². The van der Waals surface area contributed by atoms with Gasteiger partial charge in [0.05, 0.1) is 13.5 Å². The van der Waals surface area contributed by atoms with Gasteiger partial charge in [-0.25, -0.2) is 0 Å². The van der Waals surface area contributed by atoms with E-state index in [1.807, 2.05) is 0 Å². The first-order valence-electron chi connectivity index (χ1n) is 6.12. The highest BCUT2D eigenvalue weighted by Crippen LogP contribution is 2.25. The van der Waals surface area contributed by atoms with Crippen LogP contribution < -0.4 is 15.4 Å². The normalized spacial score (nSPS) is 11.4. The third-order valence-electron chi connectivity index (χ3n) is 2.72. The summed E-state index contributed by atoms with van der Waals surface area (Å²) in [5.74, 6) is 0.627. The van der Waals surface area contributed by atoms with Gasteiger partial charge >= 0.3 is 6.18 Å². The minimum Gasteiger partial charge on any atom is -0.497 e. The number of halogens is 3. The summed E-state index contributed by atoms with van der Waals surface area (Å²) in [5.41, 5.74) is 6.14. The maximum Gasteiger partial charge on any atom is 0.390 e. The second-order valence-corrected chi connectivity index (χ2v) is 4.20. The highest BCUT2D eigenvalue weighted by atomic mass is 19.4. The molecule has 2 N–H and O–H groups in total. The molecule has 0 heterocycles. The van der Waals surface area contributed by atoms with Gasteiger partial charge in [-0.2, -0.15) is 13.2 Å². The van der Waals surface area contributed by atoms with Crippen LogP contribution in [0.3, 0.4) is 0 Å². The number of nitrogens with two attached hydrogens (primary N) is 1. The lowest BCUT2D eigenvalue weighted by molar-refractivity contribution is -0.132. The van der Waals surface area contributed by atoms with Gasteiger partial charge < -0.3 is 15.4 Å². The summed E-state index contributed by atoms with van der Waals surface area (Å²) in [6.45, 7) is 0.878. The third-order valence-corrected chi connectivity index (χ3v) is 2.72. The second kappa shape index (κ2) is 7.23. The van der Waals surface area contributed by atoms with Crippen molar-refractivity contribution in [2.75, 3.05) is 31.6 Å². The van der Waals surface area contributed by atoms with Gasteiger partial charge in [0, 0.05) is 24.8 Å². The van der Waals surface area contributed by atoms with Crippen molar-refractivity contribution in [1.82, 2.24) is 0 Å². The molecule has 0 saturated heterocycles. The first-order chi connectivity index (χ1) is 8.96. The molecule has 0 amide bonds. The Balaban J connectivity index is 2.76. The van der Waals surface area contributed by atoms with Crippen molar-refractivity contribution in [3.05, 3.63) is 24.3 Å². The molecule has 0 aliphatic rings. The van der Waals surface area contributed by atoms with E-state index in [1.54, 1.807) is 29.2 Å². The summed E-state index contributed by atoms with van der Waals surface area (Å²) in [7, 11) is 1.53. The van der Waals surface area contributed by atoms with Crippen LogP contribution in [-0.2, 0) is 0 Å². The average molecular weight is 276 g/mol. The van der Waals surface area contributed by atoms with Crippen LogP contribution in [0.4, 0.5) is 18.9 Å². The molecule has 1 rings (SSSR count). The summed E-state index contributed by atoms with van der Waals surface area (Å²) in [6, 6.07) is 7.02. The van der Waals surface area contributed by atoms with Crippen molar-refractivity contribution < 1.29 is 17.9 Å². The standard InChI is InChI=1S/C13H19F3N2O/c1-19-12-5-2-4-11(10-12)18(8-3-7-17)9-6-13(14,15)16/h2,4-5,10H,3,6-9,17H2,1H3. The molecule has 3 nitrogen and oxygen atoms in total. The van der Waals surface area contributed by atoms with Crippen LogP contribution in [0, 0.1) is 0 Å². The van der Waals surface area contributed by atoms with E-state index >= 15 is 0 Å². The number of hydrogen-bond donors (Lipinski definition) is 1. The lowest BCUT2D eigenvalue weighted by Gasteiger charge is -2.25. The Labute approximate surface area is 111 Å². The molecule has 0 bridgehead atoms. The largest absolute Gasteiger partial charge is 0.497 e. The average Bonchev–Trinajstić information content (AvgIpc) is 2.38. The van der Waals surface area contributed by atoms with Crippen LogP contribution in [-0.4, -0.2) is 32.9 Å². The Kier molecular flexibility index (Phi) is 5.95. The molecule has 1 aromatic rings. The number of nitrogens with zero attached hydrogens (tertiary/aromatic N) is 1. The zero-order valence-corrected chi connectivity index (χ0v) is 10.9. The third kappa shape index (κ3) is 5.83. The van der Waals surface area contributed by atoms with Crippen molar-refractivity contribution in [3.63, 3.8) is 0 Å². The lowest BCUT2D eigenvalue weighted by Crippen LogP contribution is -2.30. The van der Waals surface area contributed by atoms with E-state index in [9.17, 15) is 13.2 Å². The number of alkyl halides is 3. The Hall–Kier alpha value is -1.43. The van der Waals surface area contributed by atoms with Crippen LogP contribution in [0.5, 0.6) is 5.75 Å². The number of hydrogen-bond acceptors (Lipinski definition) is 3. The first kappa shape index (κ1) is 15.6. The zero-order chi connectivity index (χ0) is 14.3. The molecule has 19 heavy (non-hydrogen) atoms. The molecule has 0 fully saturated rings. The molecule has 0 aromatic heterocycles. The fourth-order valence-corrected chi connectivity index (χ4v) is 1.72. The number of methoxy groups -OCH3 is 1. The monoisotopic (exact) mass is 276 g/mol. The van der Waals surface area contributed by atoms with Crippen molar-refractivity contribution in [3.8, 4) is 5.75 Å². The van der Waals surface area contributed by atoms with E-state index in [2.05, 4.69) is 0 Å². The minimum absolute atomic E-state index is 0.0728. The quantitative estimate of drug-likeness (QED) is 0.832. The highest BCUT2D eigenvalue weighted by Gasteiger charge is 2.27. The van der Waals surface area contributed by atoms with Gasteiger partial charge in [-0.3, -0.25) is 0 Å². The fraction of sp³-hybridized carbons (Fsp3) is 0.538. The summed E-state index contributed by atoms with van der Waals surface area (Å²) >= 11 is 0. The Morgan fingerprint density at radius 1 is 1.26 bits per heavy atom. The number of ether oxygens (including phenoxy) is 1. The van der Waals surface area contributed by atoms with E-state index in [0.717, 1.165) is 5.69 Å². The zero-order valence-electron chi connectivity index (χ0n) is 10.9. The van der Waals surface area contributed by atoms with Crippen LogP contribution in [0.15, 0.2) is 24.3 Å². The van der Waals surface area contributed by atoms with E-state index < -0.39 is 12.6 Å². The topological polar surface area (TPSA) is 38.5 Å². The van der Waals surface area contributed by atoms with Crippen molar-refractivity contribution in [1.29, 1.82) is 0 Å². The number of anilines is 1. The second-order valence-electron chi connectivity index (χ2n) is 4.20. The minimum atomic E-state index is -4.15. The molecule has 6 heteroatoms. The van der Waals surface area contributed by atoms with E-state index in [1.165, 1.54) is 7.11 Å². The molecular formula is C13H19F3N2O. The summed E-state index contributed by atoms with van der Waals surface area (Å²) in [5, 5.41) is 0. The smallest absolute Gasteiger partial charge is 0.390 e. The van der Waals surface area contributed by atoms with Crippen molar-refractivity contribution in [2.24, 2.45) is 5.73 Å². The molecule has 0 aliphatic heterocycles. The Morgan fingerprint density at radius 2 is 2.00 bits per heavy atom. The Morgan fingerprint density at radius 3 is 2.58 bits per heavy atom. The number of benzene rings is 1. The van der Waals surface area contributed by atoms with E-state index in [4.69, 9.17) is 10.5 Å². The molecule has 0 aliphatic carbocycles. The van der Waals surface area contributed by atoms with Gasteiger partial charge in [0.25, 0.3) is 0 Å². The molecule has 0 spiro atoms. The van der Waals surface area contributed by atoms with Crippen LogP contribution in [0.2, 0.25) is 0 Å². The Bertz CT molecular complexity index is 382. The summed E-state index contributed by atoms with van der Waals surface area (Å²) in [6.07, 6.45) is -4.34. The van der Waals surface area contributed by atoms with Gasteiger partial charge in [0.2, 0.25) is 0 Å². The predicted molar refractivity (Wildman–Crippen MR) is 69.6 cm³/mol. The van der Waals surface area contributed by atoms with E-state index in [-0.39, 0.29) is 6.54 Å². The number of rotatable bonds is 7. The molecule has 108 valence electrons. The van der Waals surface area contributed by atoms with Gasteiger partial charge in [-0.1, -0.05) is 6.07 Å². The first-order valence-corrected chi connectivity index (χ1v) is 6.12. The predicted octanol–water partition coefficient (Wildman–Crippen LogP) is 2.80. The van der Waals surface area contributed by atoms with Gasteiger partial charge in [-0.15, -0.1) is 0 Å². The summed E-state index contributed by atoms with van der Waals surface area (Å²) < 4.78 is 42.1. The lowest BCUT2D eigenvalue weighted by atomic mass is 10.2. The van der Waals surface area contributed by atoms with Crippen LogP contribution in [0.1, 0.15) is 12.8 Å². The van der Waals surface area contributed by atoms with E-state index in [0.29, 0.717) is 25.3 Å². The molecule has 0 atom stereocenters. The summed E-state index contributed by atoms with van der Waals surface area (Å²) in [4.78, 5) is 1.68. The highest BCUT2D eigenvalue weighted by molar-refractivity contribution is 5.50. The molecule has 0 unspecified atom stereocenters. The fourth-order valence-electron chi connectivity index (χ4n) is 1.72. The van der Waals surface area contributed by atoms with Crippen molar-refractivity contribution in [2.45, 2.75) is 19.0 Å². The molecule has 0 radical (unpaired) electrons. The maximum atomic E-state index is 12.3. The molecule has 0 saturated carbocycles. The maximum absolute atomic E-state index is 12.3. The SMILES string of the molecule is COc1cccc(N(CCCN)CCC(F)(F)F)c1. The molecule has 1 aromatic carbocycles. The van der Waals surface area contributed by atoms with Gasteiger partial charge in [-0.05, 0) is 25.1 Å². The van der Waals surface area contributed by atoms with Crippen LogP contribution >= 0.6 is 0 Å². The molecular weight excluding hydrogens is 257 g/mol. The van der Waals surface area contributed by atoms with Gasteiger partial charge in [0.15, 0.2) is 0 Å². The van der Waals surface area contributed by atoms with Crippen molar-refractivity contribution >= 4 is 5.69 Å².